The van der Waals surface area contributed by atoms with E-state index in [9.17, 15) is 19.8 Å². The third-order valence-corrected chi connectivity index (χ3v) is 6.62. The van der Waals surface area contributed by atoms with Crippen molar-refractivity contribution >= 4 is 11.9 Å². The first-order valence-electron chi connectivity index (χ1n) is 8.82. The summed E-state index contributed by atoms with van der Waals surface area (Å²) in [7, 11) is 0. The van der Waals surface area contributed by atoms with Crippen molar-refractivity contribution in [3.05, 3.63) is 11.6 Å². The van der Waals surface area contributed by atoms with Gasteiger partial charge in [0, 0.05) is 13.1 Å². The highest BCUT2D eigenvalue weighted by molar-refractivity contribution is 5.85. The molecule has 0 spiro atoms. The lowest BCUT2D eigenvalue weighted by Gasteiger charge is -2.47. The molecule has 3 aliphatic heterocycles. The molecule has 0 aromatic rings. The Bertz CT molecular complexity index is 625. The molecule has 2 fully saturated rings. The molecular formula is C18H27NO6. The Balaban J connectivity index is 2.05. The Morgan fingerprint density at radius 1 is 1.24 bits per heavy atom. The second-order valence-corrected chi connectivity index (χ2v) is 7.86. The van der Waals surface area contributed by atoms with Crippen LogP contribution >= 0.6 is 0 Å². The van der Waals surface area contributed by atoms with Gasteiger partial charge in [0.05, 0.1) is 11.5 Å². The number of hydrogen-bond acceptors (Lipinski definition) is 7. The minimum atomic E-state index is -2.25. The second-order valence-electron chi connectivity index (χ2n) is 7.86. The molecule has 0 aromatic heterocycles. The Morgan fingerprint density at radius 3 is 2.56 bits per heavy atom. The summed E-state index contributed by atoms with van der Waals surface area (Å²) >= 11 is 0. The van der Waals surface area contributed by atoms with Crippen molar-refractivity contribution in [1.82, 2.24) is 4.90 Å². The average Bonchev–Trinajstić information content (AvgIpc) is 3.13. The zero-order valence-corrected chi connectivity index (χ0v) is 15.2. The summed E-state index contributed by atoms with van der Waals surface area (Å²) in [6.07, 6.45) is 2.53. The predicted octanol–water partition coefficient (Wildman–Crippen LogP) is 0.388. The van der Waals surface area contributed by atoms with Crippen molar-refractivity contribution in [2.75, 3.05) is 19.7 Å². The van der Waals surface area contributed by atoms with Crippen LogP contribution in [0.15, 0.2) is 11.6 Å². The molecule has 5 unspecified atom stereocenters. The lowest BCUT2D eigenvalue weighted by atomic mass is 9.64. The van der Waals surface area contributed by atoms with E-state index >= 15 is 0 Å². The summed E-state index contributed by atoms with van der Waals surface area (Å²) in [5.74, 6) is -1.55. The van der Waals surface area contributed by atoms with Gasteiger partial charge in [0.25, 0.3) is 0 Å². The van der Waals surface area contributed by atoms with Crippen LogP contribution in [0.4, 0.5) is 0 Å². The number of carbonyl (C=O) groups excluding carboxylic acids is 2. The van der Waals surface area contributed by atoms with Gasteiger partial charge < -0.3 is 19.7 Å². The maximum atomic E-state index is 13.0. The molecule has 0 aliphatic carbocycles. The van der Waals surface area contributed by atoms with Crippen LogP contribution in [0.25, 0.3) is 0 Å². The SMILES string of the molecule is CCC1(C)C(=O)OC2CCN3CC=C(COC(=O)C(C)(O)C1(C)O)C23. The van der Waals surface area contributed by atoms with E-state index in [2.05, 4.69) is 4.90 Å². The number of nitrogens with zero attached hydrogens (tertiary/aromatic N) is 1. The third-order valence-electron chi connectivity index (χ3n) is 6.62. The molecule has 2 N–H and O–H groups in total. The van der Waals surface area contributed by atoms with E-state index in [-0.39, 0.29) is 25.2 Å². The normalized spacial score (nSPS) is 45.3. The van der Waals surface area contributed by atoms with Crippen LogP contribution in [0, 0.1) is 5.41 Å². The van der Waals surface area contributed by atoms with Gasteiger partial charge >= 0.3 is 11.9 Å². The third kappa shape index (κ3) is 2.44. The molecule has 0 saturated carbocycles. The van der Waals surface area contributed by atoms with Gasteiger partial charge in [-0.15, -0.1) is 0 Å². The van der Waals surface area contributed by atoms with Gasteiger partial charge in [-0.2, -0.15) is 0 Å². The van der Waals surface area contributed by atoms with E-state index in [1.807, 2.05) is 6.08 Å². The lowest BCUT2D eigenvalue weighted by Crippen LogP contribution is -2.66. The van der Waals surface area contributed by atoms with Crippen LogP contribution in [-0.2, 0) is 19.1 Å². The van der Waals surface area contributed by atoms with Gasteiger partial charge in [-0.05, 0) is 39.2 Å². The average molecular weight is 353 g/mol. The molecule has 25 heavy (non-hydrogen) atoms. The molecule has 2 saturated heterocycles. The van der Waals surface area contributed by atoms with Gasteiger partial charge in [0.2, 0.25) is 0 Å². The fraction of sp³-hybridized carbons (Fsp3) is 0.778. The Morgan fingerprint density at radius 2 is 1.92 bits per heavy atom. The number of hydrogen-bond donors (Lipinski definition) is 2. The highest BCUT2D eigenvalue weighted by atomic mass is 16.6. The summed E-state index contributed by atoms with van der Waals surface area (Å²) in [5.41, 5.74) is -4.90. The molecule has 5 atom stereocenters. The molecule has 7 heteroatoms. The monoisotopic (exact) mass is 353 g/mol. The van der Waals surface area contributed by atoms with Crippen LogP contribution in [0.2, 0.25) is 0 Å². The van der Waals surface area contributed by atoms with Crippen LogP contribution in [-0.4, -0.2) is 70.1 Å². The molecular weight excluding hydrogens is 326 g/mol. The molecule has 3 aliphatic rings. The van der Waals surface area contributed by atoms with Crippen LogP contribution in [0.3, 0.4) is 0 Å². The van der Waals surface area contributed by atoms with E-state index < -0.39 is 28.6 Å². The molecule has 0 bridgehead atoms. The van der Waals surface area contributed by atoms with E-state index in [1.165, 1.54) is 20.8 Å². The quantitative estimate of drug-likeness (QED) is 0.520. The van der Waals surface area contributed by atoms with Crippen molar-refractivity contribution in [1.29, 1.82) is 0 Å². The van der Waals surface area contributed by atoms with Crippen LogP contribution in [0.1, 0.15) is 40.5 Å². The number of carbonyl (C=O) groups is 2. The van der Waals surface area contributed by atoms with Gasteiger partial charge in [-0.25, -0.2) is 4.79 Å². The molecule has 0 radical (unpaired) electrons. The number of aliphatic hydroxyl groups is 2. The van der Waals surface area contributed by atoms with Crippen molar-refractivity contribution in [2.24, 2.45) is 5.41 Å². The zero-order valence-electron chi connectivity index (χ0n) is 15.2. The largest absolute Gasteiger partial charge is 0.460 e. The maximum Gasteiger partial charge on any atom is 0.341 e. The summed E-state index contributed by atoms with van der Waals surface area (Å²) in [6.45, 7) is 7.26. The van der Waals surface area contributed by atoms with Crippen molar-refractivity contribution in [3.8, 4) is 0 Å². The van der Waals surface area contributed by atoms with Crippen molar-refractivity contribution in [3.63, 3.8) is 0 Å². The Labute approximate surface area is 147 Å². The molecule has 0 aromatic carbocycles. The van der Waals surface area contributed by atoms with Gasteiger partial charge in [-0.1, -0.05) is 13.0 Å². The number of cyclic esters (lactones) is 1. The Kier molecular flexibility index (Phi) is 4.25. The smallest absolute Gasteiger partial charge is 0.341 e. The van der Waals surface area contributed by atoms with E-state index in [0.717, 1.165) is 18.7 Å². The van der Waals surface area contributed by atoms with Gasteiger partial charge in [-0.3, -0.25) is 9.69 Å². The first-order valence-corrected chi connectivity index (χ1v) is 8.82. The number of ether oxygens (including phenoxy) is 2. The fourth-order valence-electron chi connectivity index (χ4n) is 4.11. The van der Waals surface area contributed by atoms with Gasteiger partial charge in [0.15, 0.2) is 5.60 Å². The highest BCUT2D eigenvalue weighted by Gasteiger charge is 2.63. The van der Waals surface area contributed by atoms with Gasteiger partial charge in [0.1, 0.15) is 18.3 Å². The van der Waals surface area contributed by atoms with E-state index in [4.69, 9.17) is 9.47 Å². The van der Waals surface area contributed by atoms with Crippen LogP contribution < -0.4 is 0 Å². The maximum absolute atomic E-state index is 13.0. The molecule has 3 rings (SSSR count). The molecule has 3 heterocycles. The van der Waals surface area contributed by atoms with Crippen LogP contribution in [0.5, 0.6) is 0 Å². The first-order chi connectivity index (χ1) is 11.6. The summed E-state index contributed by atoms with van der Waals surface area (Å²) in [4.78, 5) is 27.7. The highest BCUT2D eigenvalue weighted by Crippen LogP contribution is 2.45. The van der Waals surface area contributed by atoms with Crippen molar-refractivity contribution in [2.45, 2.75) is 63.9 Å². The van der Waals surface area contributed by atoms with Crippen molar-refractivity contribution < 1.29 is 29.3 Å². The Hall–Kier alpha value is -1.44. The summed E-state index contributed by atoms with van der Waals surface area (Å²) in [5, 5.41) is 21.9. The number of rotatable bonds is 1. The number of esters is 2. The lowest BCUT2D eigenvalue weighted by molar-refractivity contribution is -0.224. The standard InChI is InChI=1S/C18H27NO6/c1-5-16(2)14(20)25-12-7-9-19-8-6-11(13(12)19)10-24-15(21)17(3,22)18(16,4)23/h6,12-13,22-23H,5,7-10H2,1-4H3. The molecule has 0 amide bonds. The summed E-state index contributed by atoms with van der Waals surface area (Å²) in [6, 6.07) is -0.106. The predicted molar refractivity (Wildman–Crippen MR) is 88.5 cm³/mol. The second kappa shape index (κ2) is 5.79. The topological polar surface area (TPSA) is 96.3 Å². The molecule has 140 valence electrons. The zero-order chi connectivity index (χ0) is 18.6. The summed E-state index contributed by atoms with van der Waals surface area (Å²) < 4.78 is 11.1. The fourth-order valence-corrected chi connectivity index (χ4v) is 4.11. The minimum Gasteiger partial charge on any atom is -0.460 e. The van der Waals surface area contributed by atoms with E-state index in [1.54, 1.807) is 6.92 Å². The van der Waals surface area contributed by atoms with E-state index in [0.29, 0.717) is 6.42 Å². The molecule has 7 nitrogen and oxygen atoms in total. The first kappa shape index (κ1) is 18.4. The minimum absolute atomic E-state index is 0.0170.